The summed E-state index contributed by atoms with van der Waals surface area (Å²) in [7, 11) is 0. The Morgan fingerprint density at radius 1 is 1.12 bits per heavy atom. The first-order chi connectivity index (χ1) is 15.8. The van der Waals surface area contributed by atoms with E-state index in [-0.39, 0.29) is 22.4 Å². The monoisotopic (exact) mass is 462 g/mol. The number of hydrogen-bond donors (Lipinski definition) is 0. The summed E-state index contributed by atoms with van der Waals surface area (Å²) in [5, 5.41) is 21.0. The highest BCUT2D eigenvalue weighted by Gasteiger charge is 2.45. The van der Waals surface area contributed by atoms with Gasteiger partial charge >= 0.3 is 0 Å². The van der Waals surface area contributed by atoms with E-state index in [1.54, 1.807) is 36.4 Å². The average Bonchev–Trinajstić information content (AvgIpc) is 3.36. The third-order valence-corrected chi connectivity index (χ3v) is 6.39. The maximum absolute atomic E-state index is 13.5. The Hall–Kier alpha value is -3.92. The molecule has 33 heavy (non-hydrogen) atoms. The molecule has 5 rings (SSSR count). The van der Waals surface area contributed by atoms with Gasteiger partial charge in [0.25, 0.3) is 11.6 Å². The summed E-state index contributed by atoms with van der Waals surface area (Å²) < 4.78 is 5.89. The number of benzene rings is 2. The van der Waals surface area contributed by atoms with E-state index in [1.165, 1.54) is 28.4 Å². The molecule has 0 N–H and O–H groups in total. The number of nitrogens with zero attached hydrogens (tertiary/aromatic N) is 4. The second-order valence-corrected chi connectivity index (χ2v) is 9.21. The first kappa shape index (κ1) is 21.0. The molecule has 9 nitrogen and oxygen atoms in total. The van der Waals surface area contributed by atoms with Crippen molar-refractivity contribution in [3.05, 3.63) is 90.8 Å². The highest BCUT2D eigenvalue weighted by atomic mass is 32.1. The molecule has 4 aromatic rings. The molecule has 0 spiro atoms. The molecule has 0 saturated heterocycles. The van der Waals surface area contributed by atoms with Crippen LogP contribution >= 0.6 is 11.3 Å². The number of nitro groups is 1. The second-order valence-electron chi connectivity index (χ2n) is 8.17. The first-order valence-electron chi connectivity index (χ1n) is 10.3. The van der Waals surface area contributed by atoms with Crippen molar-refractivity contribution >= 4 is 39.0 Å². The molecular formula is C23H18N4O5S. The minimum Gasteiger partial charge on any atom is -0.450 e. The van der Waals surface area contributed by atoms with Crippen LogP contribution in [-0.4, -0.2) is 21.0 Å². The van der Waals surface area contributed by atoms with Gasteiger partial charge in [0.15, 0.2) is 5.43 Å². The van der Waals surface area contributed by atoms with Gasteiger partial charge in [-0.1, -0.05) is 37.3 Å². The molecule has 1 unspecified atom stereocenters. The van der Waals surface area contributed by atoms with Gasteiger partial charge in [-0.15, -0.1) is 10.2 Å². The summed E-state index contributed by atoms with van der Waals surface area (Å²) in [6, 6.07) is 11.7. The number of fused-ring (bicyclic) bond motifs is 2. The number of amides is 1. The highest BCUT2D eigenvalue weighted by molar-refractivity contribution is 7.15. The molecule has 1 atom stereocenters. The molecule has 0 fully saturated rings. The number of aromatic nitrogens is 2. The smallest absolute Gasteiger partial charge is 0.297 e. The topological polar surface area (TPSA) is 119 Å². The van der Waals surface area contributed by atoms with Gasteiger partial charge in [0.05, 0.1) is 21.9 Å². The van der Waals surface area contributed by atoms with Crippen LogP contribution in [0, 0.1) is 16.0 Å². The van der Waals surface area contributed by atoms with Crippen molar-refractivity contribution in [3.63, 3.8) is 0 Å². The lowest BCUT2D eigenvalue weighted by Gasteiger charge is -2.21. The predicted molar refractivity (Wildman–Crippen MR) is 123 cm³/mol. The summed E-state index contributed by atoms with van der Waals surface area (Å²) in [4.78, 5) is 39.0. The normalized spacial score (nSPS) is 15.4. The summed E-state index contributed by atoms with van der Waals surface area (Å²) in [6.07, 6.45) is 0.704. The minimum absolute atomic E-state index is 0.0531. The number of carbonyl (C=O) groups excluding carboxylic acids is 1. The molecule has 1 amide bonds. The zero-order valence-corrected chi connectivity index (χ0v) is 18.5. The van der Waals surface area contributed by atoms with Crippen molar-refractivity contribution in [2.24, 2.45) is 5.92 Å². The van der Waals surface area contributed by atoms with Crippen molar-refractivity contribution in [2.75, 3.05) is 4.90 Å². The van der Waals surface area contributed by atoms with Crippen molar-refractivity contribution in [1.29, 1.82) is 0 Å². The molecule has 10 heteroatoms. The molecular weight excluding hydrogens is 444 g/mol. The molecule has 0 radical (unpaired) electrons. The van der Waals surface area contributed by atoms with E-state index in [4.69, 9.17) is 4.42 Å². The van der Waals surface area contributed by atoms with Gasteiger partial charge in [-0.05, 0) is 35.7 Å². The zero-order valence-electron chi connectivity index (χ0n) is 17.7. The standard InChI is InChI=1S/C23H18N4O5S/c1-12(2)11-17-24-25-23(33-17)26-19(13-7-9-14(10-8-13)27(30)31)18-20(28)15-5-3-4-6-16(15)32-21(18)22(26)29/h3-10,12,19H,11H2,1-2H3. The Bertz CT molecular complexity index is 1460. The van der Waals surface area contributed by atoms with E-state index in [2.05, 4.69) is 24.0 Å². The van der Waals surface area contributed by atoms with Gasteiger partial charge in [0.2, 0.25) is 10.9 Å². The van der Waals surface area contributed by atoms with Crippen LogP contribution in [0.15, 0.2) is 57.7 Å². The van der Waals surface area contributed by atoms with Crippen LogP contribution in [0.5, 0.6) is 0 Å². The summed E-state index contributed by atoms with van der Waals surface area (Å²) in [5.41, 5.74) is 0.634. The largest absolute Gasteiger partial charge is 0.450 e. The molecule has 166 valence electrons. The van der Waals surface area contributed by atoms with E-state index in [0.717, 1.165) is 5.01 Å². The second kappa shape index (κ2) is 7.89. The van der Waals surface area contributed by atoms with Crippen molar-refractivity contribution < 1.29 is 14.1 Å². The van der Waals surface area contributed by atoms with E-state index in [9.17, 15) is 19.7 Å². The zero-order chi connectivity index (χ0) is 23.3. The summed E-state index contributed by atoms with van der Waals surface area (Å²) in [5.74, 6) is -0.192. The average molecular weight is 462 g/mol. The van der Waals surface area contributed by atoms with E-state index >= 15 is 0 Å². The fraction of sp³-hybridized carbons (Fsp3) is 0.217. The number of hydrogen-bond acceptors (Lipinski definition) is 8. The number of nitro benzene ring substituents is 1. The Morgan fingerprint density at radius 3 is 2.55 bits per heavy atom. The highest BCUT2D eigenvalue weighted by Crippen LogP contribution is 2.42. The van der Waals surface area contributed by atoms with Crippen LogP contribution in [-0.2, 0) is 6.42 Å². The van der Waals surface area contributed by atoms with Crippen LogP contribution in [0.3, 0.4) is 0 Å². The maximum atomic E-state index is 13.5. The van der Waals surface area contributed by atoms with Crippen LogP contribution in [0.2, 0.25) is 0 Å². The summed E-state index contributed by atoms with van der Waals surface area (Å²) in [6.45, 7) is 4.12. The van der Waals surface area contributed by atoms with Crippen LogP contribution in [0.4, 0.5) is 10.8 Å². The van der Waals surface area contributed by atoms with Gasteiger partial charge in [-0.3, -0.25) is 24.6 Å². The molecule has 1 aliphatic rings. The van der Waals surface area contributed by atoms with Gasteiger partial charge < -0.3 is 4.42 Å². The van der Waals surface area contributed by atoms with Gasteiger partial charge in [-0.25, -0.2) is 0 Å². The third kappa shape index (κ3) is 3.48. The Kier molecular flexibility index (Phi) is 5.01. The minimum atomic E-state index is -0.839. The molecule has 2 aromatic heterocycles. The van der Waals surface area contributed by atoms with E-state index in [0.29, 0.717) is 34.0 Å². The van der Waals surface area contributed by atoms with Gasteiger partial charge in [0, 0.05) is 18.6 Å². The number of rotatable bonds is 5. The van der Waals surface area contributed by atoms with Gasteiger partial charge in [-0.2, -0.15) is 0 Å². The fourth-order valence-electron chi connectivity index (χ4n) is 3.98. The lowest BCUT2D eigenvalue weighted by atomic mass is 9.98. The lowest BCUT2D eigenvalue weighted by Crippen LogP contribution is -2.29. The number of anilines is 1. The Labute approximate surface area is 191 Å². The number of carbonyl (C=O) groups is 1. The van der Waals surface area contributed by atoms with Crippen molar-refractivity contribution in [2.45, 2.75) is 26.3 Å². The molecule has 0 bridgehead atoms. The SMILES string of the molecule is CC(C)Cc1nnc(N2C(=O)c3oc4ccccc4c(=O)c3C2c2ccc([N+](=O)[O-])cc2)s1. The maximum Gasteiger partial charge on any atom is 0.297 e. The van der Waals surface area contributed by atoms with Crippen LogP contribution in [0.25, 0.3) is 11.0 Å². The third-order valence-electron chi connectivity index (χ3n) is 5.44. The Morgan fingerprint density at radius 2 is 1.85 bits per heavy atom. The number of non-ortho nitro benzene ring substituents is 1. The molecule has 2 aromatic carbocycles. The molecule has 3 heterocycles. The predicted octanol–water partition coefficient (Wildman–Crippen LogP) is 4.50. The van der Waals surface area contributed by atoms with E-state index < -0.39 is 16.9 Å². The fourth-order valence-corrected chi connectivity index (χ4v) is 5.06. The van der Waals surface area contributed by atoms with Crippen molar-refractivity contribution in [3.8, 4) is 0 Å². The molecule has 1 aliphatic heterocycles. The lowest BCUT2D eigenvalue weighted by molar-refractivity contribution is -0.384. The van der Waals surface area contributed by atoms with Crippen LogP contribution < -0.4 is 10.3 Å². The molecule has 0 saturated carbocycles. The quantitative estimate of drug-likeness (QED) is 0.316. The van der Waals surface area contributed by atoms with Gasteiger partial charge in [0.1, 0.15) is 10.6 Å². The molecule has 0 aliphatic carbocycles. The van der Waals surface area contributed by atoms with E-state index in [1.807, 2.05) is 0 Å². The Balaban J connectivity index is 1.72. The first-order valence-corrected chi connectivity index (χ1v) is 11.1. The number of para-hydroxylation sites is 1. The summed E-state index contributed by atoms with van der Waals surface area (Å²) >= 11 is 1.28. The van der Waals surface area contributed by atoms with Crippen LogP contribution in [0.1, 0.15) is 46.6 Å². The van der Waals surface area contributed by atoms with Crippen molar-refractivity contribution in [1.82, 2.24) is 10.2 Å².